The van der Waals surface area contributed by atoms with Crippen molar-refractivity contribution in [1.82, 2.24) is 5.32 Å². The fourth-order valence-electron chi connectivity index (χ4n) is 10.5. The summed E-state index contributed by atoms with van der Waals surface area (Å²) in [4.78, 5) is 24.4. The lowest BCUT2D eigenvalue weighted by Gasteiger charge is -2.20. The van der Waals surface area contributed by atoms with E-state index in [2.05, 4.69) is 55.6 Å². The molecule has 0 aromatic rings. The molecule has 0 aliphatic carbocycles. The number of unbranched alkanes of at least 4 members (excludes halogenated alkanes) is 47. The molecule has 0 aliphatic heterocycles. The van der Waals surface area contributed by atoms with Crippen molar-refractivity contribution < 1.29 is 24.5 Å². The summed E-state index contributed by atoms with van der Waals surface area (Å²) in [6.07, 6.45) is 86.4. The fraction of sp³-hybridized carbons (Fsp3) is 0.859. The minimum absolute atomic E-state index is 0.00879. The zero-order valence-electron chi connectivity index (χ0n) is 51.7. The van der Waals surface area contributed by atoms with Gasteiger partial charge in [0, 0.05) is 12.8 Å². The Morgan fingerprint density at radius 1 is 0.364 bits per heavy atom. The summed E-state index contributed by atoms with van der Waals surface area (Å²) in [5, 5.41) is 23.0. The topological polar surface area (TPSA) is 95.9 Å². The first-order chi connectivity index (χ1) is 38.0. The lowest BCUT2D eigenvalue weighted by molar-refractivity contribution is -0.143. The van der Waals surface area contributed by atoms with Crippen LogP contribution >= 0.6 is 0 Å². The van der Waals surface area contributed by atoms with Crippen LogP contribution in [0.25, 0.3) is 0 Å². The quantitative estimate of drug-likeness (QED) is 0.0320. The zero-order chi connectivity index (χ0) is 55.7. The lowest BCUT2D eigenvalue weighted by atomic mass is 10.0. The Balaban J connectivity index is 3.35. The van der Waals surface area contributed by atoms with E-state index in [0.717, 1.165) is 51.4 Å². The van der Waals surface area contributed by atoms with Crippen LogP contribution in [0.15, 0.2) is 48.6 Å². The van der Waals surface area contributed by atoms with Gasteiger partial charge in [-0.1, -0.05) is 319 Å². The van der Waals surface area contributed by atoms with Gasteiger partial charge in [0.2, 0.25) is 5.91 Å². The number of rotatable bonds is 64. The number of aliphatic hydroxyl groups excluding tert-OH is 2. The fourth-order valence-corrected chi connectivity index (χ4v) is 10.5. The van der Waals surface area contributed by atoms with Crippen LogP contribution < -0.4 is 5.32 Å². The van der Waals surface area contributed by atoms with E-state index in [1.54, 1.807) is 6.08 Å². The van der Waals surface area contributed by atoms with Gasteiger partial charge in [-0.2, -0.15) is 0 Å². The molecule has 452 valence electrons. The number of hydrogen-bond donors (Lipinski definition) is 3. The highest BCUT2D eigenvalue weighted by Gasteiger charge is 2.18. The molecule has 0 rings (SSSR count). The molecule has 6 nitrogen and oxygen atoms in total. The normalized spacial score (nSPS) is 12.8. The summed E-state index contributed by atoms with van der Waals surface area (Å²) >= 11 is 0. The number of carbonyl (C=O) groups excluding carboxylic acids is 2. The van der Waals surface area contributed by atoms with Crippen molar-refractivity contribution in [2.75, 3.05) is 13.2 Å². The van der Waals surface area contributed by atoms with Crippen LogP contribution in [0.5, 0.6) is 0 Å². The standard InChI is InChI=1S/C71H133NO5/c1-3-5-7-9-11-13-44-49-53-57-61-65-71(76)77-66-62-58-54-50-46-43-41-39-37-35-33-31-29-27-25-23-21-19-17-15-16-18-20-22-24-26-28-30-32-34-36-38-40-42-45-48-52-56-60-64-70(75)72-68(67-73)69(74)63-59-55-51-47-14-12-10-8-6-4-2/h9,11,15-16,19,21,59,63,68-69,73-74H,3-8,10,12-14,17-18,20,22-58,60-62,64-67H2,1-2H3,(H,72,75)/b11-9-,16-15-,21-19-,63-59+. The monoisotopic (exact) mass is 1080 g/mol. The molecule has 0 heterocycles. The van der Waals surface area contributed by atoms with Crippen LogP contribution in [-0.2, 0) is 14.3 Å². The van der Waals surface area contributed by atoms with Crippen LogP contribution in [0.1, 0.15) is 367 Å². The van der Waals surface area contributed by atoms with Crippen LogP contribution in [0.2, 0.25) is 0 Å². The van der Waals surface area contributed by atoms with Crippen molar-refractivity contribution >= 4 is 11.9 Å². The molecule has 0 spiro atoms. The third-order valence-electron chi connectivity index (χ3n) is 15.8. The molecular weight excluding hydrogens is 947 g/mol. The van der Waals surface area contributed by atoms with Crippen molar-refractivity contribution in [2.45, 2.75) is 379 Å². The van der Waals surface area contributed by atoms with Crippen molar-refractivity contribution in [3.8, 4) is 0 Å². The lowest BCUT2D eigenvalue weighted by Crippen LogP contribution is -2.45. The van der Waals surface area contributed by atoms with Crippen molar-refractivity contribution in [1.29, 1.82) is 0 Å². The van der Waals surface area contributed by atoms with Crippen molar-refractivity contribution in [3.05, 3.63) is 48.6 Å². The third kappa shape index (κ3) is 62.9. The Morgan fingerprint density at radius 2 is 0.662 bits per heavy atom. The Bertz CT molecular complexity index is 1290. The molecule has 0 saturated heterocycles. The highest BCUT2D eigenvalue weighted by molar-refractivity contribution is 5.76. The summed E-state index contributed by atoms with van der Waals surface area (Å²) in [6.45, 7) is 4.86. The highest BCUT2D eigenvalue weighted by atomic mass is 16.5. The Kier molecular flexibility index (Phi) is 64.5. The van der Waals surface area contributed by atoms with E-state index in [1.807, 2.05) is 6.08 Å². The maximum Gasteiger partial charge on any atom is 0.305 e. The van der Waals surface area contributed by atoms with Gasteiger partial charge in [-0.3, -0.25) is 9.59 Å². The number of aliphatic hydroxyl groups is 2. The number of esters is 1. The molecule has 0 saturated carbocycles. The van der Waals surface area contributed by atoms with Gasteiger partial charge in [0.25, 0.3) is 0 Å². The van der Waals surface area contributed by atoms with Gasteiger partial charge >= 0.3 is 5.97 Å². The van der Waals surface area contributed by atoms with Crippen LogP contribution in [-0.4, -0.2) is 47.4 Å². The molecule has 0 radical (unpaired) electrons. The van der Waals surface area contributed by atoms with Gasteiger partial charge in [-0.05, 0) is 83.5 Å². The van der Waals surface area contributed by atoms with Gasteiger partial charge in [-0.25, -0.2) is 0 Å². The van der Waals surface area contributed by atoms with E-state index in [1.165, 1.54) is 289 Å². The Morgan fingerprint density at radius 3 is 1.04 bits per heavy atom. The zero-order valence-corrected chi connectivity index (χ0v) is 51.7. The first-order valence-corrected chi connectivity index (χ1v) is 34.4. The summed E-state index contributed by atoms with van der Waals surface area (Å²) in [6, 6.07) is -0.624. The van der Waals surface area contributed by atoms with Gasteiger partial charge in [0.05, 0.1) is 25.4 Å². The van der Waals surface area contributed by atoms with E-state index in [9.17, 15) is 19.8 Å². The second-order valence-electron chi connectivity index (χ2n) is 23.5. The first-order valence-electron chi connectivity index (χ1n) is 34.4. The van der Waals surface area contributed by atoms with E-state index < -0.39 is 12.1 Å². The minimum atomic E-state index is -0.840. The molecule has 6 heteroatoms. The van der Waals surface area contributed by atoms with E-state index in [4.69, 9.17) is 4.74 Å². The predicted molar refractivity (Wildman–Crippen MR) is 338 cm³/mol. The van der Waals surface area contributed by atoms with Gasteiger partial charge in [0.1, 0.15) is 0 Å². The summed E-state index contributed by atoms with van der Waals surface area (Å²) < 4.78 is 5.47. The van der Waals surface area contributed by atoms with Crippen molar-refractivity contribution in [3.63, 3.8) is 0 Å². The third-order valence-corrected chi connectivity index (χ3v) is 15.8. The molecule has 0 aromatic carbocycles. The van der Waals surface area contributed by atoms with Crippen LogP contribution in [0.4, 0.5) is 0 Å². The number of allylic oxidation sites excluding steroid dienone is 7. The number of ether oxygens (including phenoxy) is 1. The van der Waals surface area contributed by atoms with Gasteiger partial charge < -0.3 is 20.3 Å². The molecular formula is C71H133NO5. The molecule has 2 atom stereocenters. The second kappa shape index (κ2) is 66.3. The smallest absolute Gasteiger partial charge is 0.305 e. The number of nitrogens with one attached hydrogen (secondary N) is 1. The van der Waals surface area contributed by atoms with Crippen LogP contribution in [0.3, 0.4) is 0 Å². The highest BCUT2D eigenvalue weighted by Crippen LogP contribution is 2.18. The summed E-state index contributed by atoms with van der Waals surface area (Å²) in [7, 11) is 0. The summed E-state index contributed by atoms with van der Waals surface area (Å²) in [5.41, 5.74) is 0. The van der Waals surface area contributed by atoms with E-state index in [0.29, 0.717) is 19.4 Å². The Labute approximate surface area is 480 Å². The molecule has 1 amide bonds. The molecule has 2 unspecified atom stereocenters. The summed E-state index contributed by atoms with van der Waals surface area (Å²) in [5.74, 6) is -0.0572. The minimum Gasteiger partial charge on any atom is -0.466 e. The maximum atomic E-state index is 12.4. The molecule has 0 aliphatic rings. The Hall–Kier alpha value is -2.18. The predicted octanol–water partition coefficient (Wildman–Crippen LogP) is 22.1. The molecule has 77 heavy (non-hydrogen) atoms. The molecule has 3 N–H and O–H groups in total. The SMILES string of the molecule is CCCC/C=C\CCCCCCCC(=O)OCCCCCCCCCCCCCCCCC/C=C\C/C=C\CCCCCCCCCCCCCCCCCCCC(=O)NC(CO)C(O)/C=C/CCCCCCCCCC. The average Bonchev–Trinajstić information content (AvgIpc) is 3.43. The number of amides is 1. The van der Waals surface area contributed by atoms with Gasteiger partial charge in [-0.15, -0.1) is 0 Å². The molecule has 0 bridgehead atoms. The molecule has 0 fully saturated rings. The first kappa shape index (κ1) is 74.8. The van der Waals surface area contributed by atoms with E-state index >= 15 is 0 Å². The van der Waals surface area contributed by atoms with Crippen molar-refractivity contribution in [2.24, 2.45) is 0 Å². The second-order valence-corrected chi connectivity index (χ2v) is 23.5. The number of hydrogen-bond acceptors (Lipinski definition) is 5. The largest absolute Gasteiger partial charge is 0.466 e. The van der Waals surface area contributed by atoms with Gasteiger partial charge in [0.15, 0.2) is 0 Å². The molecule has 0 aromatic heterocycles. The average molecular weight is 1080 g/mol. The number of carbonyl (C=O) groups is 2. The van der Waals surface area contributed by atoms with E-state index in [-0.39, 0.29) is 18.5 Å². The van der Waals surface area contributed by atoms with Crippen LogP contribution in [0, 0.1) is 0 Å². The maximum absolute atomic E-state index is 12.4.